The molecule has 1 saturated heterocycles. The molecule has 1 fully saturated rings. The summed E-state index contributed by atoms with van der Waals surface area (Å²) >= 11 is 0. The molecular formula is C19H30BF2NO3. The highest BCUT2D eigenvalue weighted by Crippen LogP contribution is 2.37. The molecule has 4 nitrogen and oxygen atoms in total. The van der Waals surface area contributed by atoms with Gasteiger partial charge < -0.3 is 14.0 Å². The Morgan fingerprint density at radius 3 is 2.19 bits per heavy atom. The summed E-state index contributed by atoms with van der Waals surface area (Å²) in [6, 6.07) is 1.38. The van der Waals surface area contributed by atoms with Crippen molar-refractivity contribution in [2.75, 3.05) is 6.61 Å². The molecule has 0 aromatic carbocycles. The fourth-order valence-electron chi connectivity index (χ4n) is 2.97. The molecule has 1 atom stereocenters. The summed E-state index contributed by atoms with van der Waals surface area (Å²) < 4.78 is 44.5. The first-order valence-electron chi connectivity index (χ1n) is 9.19. The molecule has 2 rings (SSSR count). The van der Waals surface area contributed by atoms with E-state index in [2.05, 4.69) is 18.8 Å². The molecule has 1 unspecified atom stereocenters. The van der Waals surface area contributed by atoms with Crippen molar-refractivity contribution in [3.8, 4) is 5.88 Å². The van der Waals surface area contributed by atoms with Gasteiger partial charge in [-0.2, -0.15) is 0 Å². The van der Waals surface area contributed by atoms with Crippen LogP contribution in [0.25, 0.3) is 0 Å². The number of alkyl halides is 2. The van der Waals surface area contributed by atoms with Gasteiger partial charge in [0, 0.05) is 11.7 Å². The Morgan fingerprint density at radius 2 is 1.69 bits per heavy atom. The van der Waals surface area contributed by atoms with Crippen LogP contribution in [0.4, 0.5) is 8.78 Å². The van der Waals surface area contributed by atoms with Crippen LogP contribution in [-0.4, -0.2) is 29.9 Å². The second-order valence-corrected chi connectivity index (χ2v) is 8.60. The fourth-order valence-corrected chi connectivity index (χ4v) is 2.97. The van der Waals surface area contributed by atoms with Gasteiger partial charge in [-0.1, -0.05) is 20.8 Å². The van der Waals surface area contributed by atoms with Gasteiger partial charge >= 0.3 is 7.12 Å². The maximum atomic E-state index is 13.5. The second-order valence-electron chi connectivity index (χ2n) is 8.60. The topological polar surface area (TPSA) is 40.6 Å². The van der Waals surface area contributed by atoms with Gasteiger partial charge in [-0.05, 0) is 52.0 Å². The molecule has 146 valence electrons. The Bertz CT molecular complexity index is 607. The average Bonchev–Trinajstić information content (AvgIpc) is 2.72. The van der Waals surface area contributed by atoms with Gasteiger partial charge in [-0.25, -0.2) is 13.8 Å². The third-order valence-electron chi connectivity index (χ3n) is 5.04. The van der Waals surface area contributed by atoms with Crippen LogP contribution >= 0.6 is 0 Å². The Balaban J connectivity index is 2.16. The molecule has 0 bridgehead atoms. The lowest BCUT2D eigenvalue weighted by atomic mass is 9.79. The van der Waals surface area contributed by atoms with Crippen LogP contribution < -0.4 is 10.2 Å². The minimum atomic E-state index is -2.68. The van der Waals surface area contributed by atoms with Crippen molar-refractivity contribution in [3.63, 3.8) is 0 Å². The van der Waals surface area contributed by atoms with E-state index in [-0.39, 0.29) is 17.4 Å². The minimum Gasteiger partial charge on any atom is -0.477 e. The Labute approximate surface area is 155 Å². The van der Waals surface area contributed by atoms with Crippen molar-refractivity contribution in [1.29, 1.82) is 0 Å². The van der Waals surface area contributed by atoms with E-state index >= 15 is 0 Å². The molecule has 1 aromatic rings. The predicted octanol–water partition coefficient (Wildman–Crippen LogP) is 4.38. The highest BCUT2D eigenvalue weighted by Gasteiger charge is 2.52. The zero-order valence-electron chi connectivity index (χ0n) is 16.8. The minimum absolute atomic E-state index is 0.0177. The van der Waals surface area contributed by atoms with E-state index in [4.69, 9.17) is 14.0 Å². The van der Waals surface area contributed by atoms with Crippen LogP contribution in [0.3, 0.4) is 0 Å². The number of hydrogen-bond acceptors (Lipinski definition) is 4. The molecule has 0 N–H and O–H groups in total. The van der Waals surface area contributed by atoms with Crippen LogP contribution in [0.2, 0.25) is 0 Å². The van der Waals surface area contributed by atoms with Crippen LogP contribution in [0.1, 0.15) is 66.9 Å². The normalized spacial score (nSPS) is 20.0. The smallest absolute Gasteiger partial charge is 0.477 e. The summed E-state index contributed by atoms with van der Waals surface area (Å²) in [6.07, 6.45) is -0.216. The van der Waals surface area contributed by atoms with Gasteiger partial charge in [0.05, 0.1) is 23.4 Å². The first-order valence-corrected chi connectivity index (χ1v) is 9.19. The Morgan fingerprint density at radius 1 is 1.12 bits per heavy atom. The van der Waals surface area contributed by atoms with Gasteiger partial charge in [0.2, 0.25) is 5.88 Å². The predicted molar refractivity (Wildman–Crippen MR) is 99.0 cm³/mol. The van der Waals surface area contributed by atoms with Crippen LogP contribution in [0.5, 0.6) is 5.88 Å². The molecule has 1 aliphatic rings. The van der Waals surface area contributed by atoms with Crippen molar-refractivity contribution < 1.29 is 22.8 Å². The lowest BCUT2D eigenvalue weighted by molar-refractivity contribution is 0.00578. The average molecular weight is 369 g/mol. The van der Waals surface area contributed by atoms with Crippen molar-refractivity contribution in [2.24, 2.45) is 11.8 Å². The van der Waals surface area contributed by atoms with E-state index in [1.807, 2.05) is 34.6 Å². The SMILES string of the molecule is CC(C)CC(C)COc1ncc(B2OC(C)(C)C(C)(C)O2)cc1C(F)F. The second kappa shape index (κ2) is 7.81. The van der Waals surface area contributed by atoms with Gasteiger partial charge in [-0.15, -0.1) is 0 Å². The molecule has 1 aliphatic heterocycles. The molecular weight excluding hydrogens is 339 g/mol. The monoisotopic (exact) mass is 369 g/mol. The standard InChI is InChI=1S/C19H30BF2NO3/c1-12(2)8-13(3)11-24-17-15(16(21)22)9-14(10-23-17)20-25-18(4,5)19(6,7)26-20/h9-10,12-13,16H,8,11H2,1-7H3. The largest absolute Gasteiger partial charge is 0.496 e. The molecule has 26 heavy (non-hydrogen) atoms. The zero-order chi connectivity index (χ0) is 19.7. The Hall–Kier alpha value is -1.21. The molecule has 2 heterocycles. The summed E-state index contributed by atoms with van der Waals surface area (Å²) in [5, 5.41) is 0. The van der Waals surface area contributed by atoms with Gasteiger partial charge in [0.25, 0.3) is 6.43 Å². The maximum Gasteiger partial charge on any atom is 0.496 e. The van der Waals surface area contributed by atoms with Crippen molar-refractivity contribution in [2.45, 2.75) is 72.5 Å². The number of hydrogen-bond donors (Lipinski definition) is 0. The first kappa shape index (κ1) is 21.1. The highest BCUT2D eigenvalue weighted by atomic mass is 19.3. The molecule has 7 heteroatoms. The van der Waals surface area contributed by atoms with Gasteiger partial charge in [0.15, 0.2) is 0 Å². The quantitative estimate of drug-likeness (QED) is 0.669. The molecule has 0 amide bonds. The van der Waals surface area contributed by atoms with E-state index in [1.54, 1.807) is 0 Å². The number of pyridine rings is 1. The zero-order valence-corrected chi connectivity index (χ0v) is 16.8. The van der Waals surface area contributed by atoms with Crippen LogP contribution in [0.15, 0.2) is 12.3 Å². The summed E-state index contributed by atoms with van der Waals surface area (Å²) in [5.41, 5.74) is -0.829. The molecule has 0 radical (unpaired) electrons. The number of nitrogens with zero attached hydrogens (tertiary/aromatic N) is 1. The molecule has 0 aliphatic carbocycles. The van der Waals surface area contributed by atoms with E-state index < -0.39 is 24.7 Å². The van der Waals surface area contributed by atoms with Crippen LogP contribution in [0, 0.1) is 11.8 Å². The number of aromatic nitrogens is 1. The molecule has 1 aromatic heterocycles. The third-order valence-corrected chi connectivity index (χ3v) is 5.04. The number of halogens is 2. The lowest BCUT2D eigenvalue weighted by Gasteiger charge is -2.32. The van der Waals surface area contributed by atoms with Crippen molar-refractivity contribution >= 4 is 12.6 Å². The number of rotatable bonds is 7. The van der Waals surface area contributed by atoms with E-state index in [0.29, 0.717) is 18.0 Å². The van der Waals surface area contributed by atoms with E-state index in [9.17, 15) is 8.78 Å². The fraction of sp³-hybridized carbons (Fsp3) is 0.737. The summed E-state index contributed by atoms with van der Waals surface area (Å²) in [5.74, 6) is 0.780. The highest BCUT2D eigenvalue weighted by molar-refractivity contribution is 6.62. The van der Waals surface area contributed by atoms with Gasteiger partial charge in [0.1, 0.15) is 0 Å². The van der Waals surface area contributed by atoms with Crippen LogP contribution in [-0.2, 0) is 9.31 Å². The van der Waals surface area contributed by atoms with Crippen molar-refractivity contribution in [1.82, 2.24) is 4.98 Å². The maximum absolute atomic E-state index is 13.5. The van der Waals surface area contributed by atoms with E-state index in [1.165, 1.54) is 12.3 Å². The summed E-state index contributed by atoms with van der Waals surface area (Å²) in [4.78, 5) is 4.13. The van der Waals surface area contributed by atoms with Crippen molar-refractivity contribution in [3.05, 3.63) is 17.8 Å². The van der Waals surface area contributed by atoms with Gasteiger partial charge in [-0.3, -0.25) is 0 Å². The number of ether oxygens (including phenoxy) is 1. The van der Waals surface area contributed by atoms with E-state index in [0.717, 1.165) is 6.42 Å². The molecule has 0 saturated carbocycles. The third kappa shape index (κ3) is 4.74. The summed E-state index contributed by atoms with van der Waals surface area (Å²) in [6.45, 7) is 14.3. The first-order chi connectivity index (χ1) is 11.9. The Kier molecular flexibility index (Phi) is 6.34. The summed E-state index contributed by atoms with van der Waals surface area (Å²) in [7, 11) is -0.723. The molecule has 0 spiro atoms. The lowest BCUT2D eigenvalue weighted by Crippen LogP contribution is -2.41.